The first-order valence-corrected chi connectivity index (χ1v) is 8.90. The van der Waals surface area contributed by atoms with Gasteiger partial charge in [-0.1, -0.05) is 47.7 Å². The Morgan fingerprint density at radius 2 is 1.80 bits per heavy atom. The smallest absolute Gasteiger partial charge is 0.261 e. The molecular weight excluding hydrogens is 332 g/mol. The lowest BCUT2D eigenvalue weighted by atomic mass is 10.1. The number of carbonyl (C=O) groups is 1. The number of benzene rings is 2. The summed E-state index contributed by atoms with van der Waals surface area (Å²) in [6, 6.07) is 17.2. The van der Waals surface area contributed by atoms with Crippen LogP contribution in [0.1, 0.15) is 15.2 Å². The molecule has 2 N–H and O–H groups in total. The fourth-order valence-corrected chi connectivity index (χ4v) is 3.83. The molecule has 2 aromatic carbocycles. The van der Waals surface area contributed by atoms with Gasteiger partial charge >= 0.3 is 0 Å². The molecule has 0 saturated heterocycles. The summed E-state index contributed by atoms with van der Waals surface area (Å²) < 4.78 is -0.0834. The summed E-state index contributed by atoms with van der Waals surface area (Å²) in [6.07, 6.45) is 2.71. The number of carbonyl (C=O) groups excluding carboxylic acids is 1. The van der Waals surface area contributed by atoms with Gasteiger partial charge in [0.15, 0.2) is 0 Å². The average molecular weight is 348 g/mol. The van der Waals surface area contributed by atoms with Gasteiger partial charge in [0.2, 0.25) is 4.74 Å². The zero-order valence-electron chi connectivity index (χ0n) is 13.4. The summed E-state index contributed by atoms with van der Waals surface area (Å²) in [5.74, 6) is -0.201. The molecule has 0 radical (unpaired) electrons. The molecule has 0 atom stereocenters. The Balaban J connectivity index is 1.48. The molecular formula is C20H16N2O2S. The van der Waals surface area contributed by atoms with E-state index in [2.05, 4.69) is 16.4 Å². The van der Waals surface area contributed by atoms with Gasteiger partial charge in [-0.15, -0.1) is 0 Å². The lowest BCUT2D eigenvalue weighted by Crippen LogP contribution is -2.25. The number of aromatic amines is 1. The molecule has 0 saturated carbocycles. The van der Waals surface area contributed by atoms with Crippen LogP contribution in [0.4, 0.5) is 0 Å². The molecule has 124 valence electrons. The molecule has 0 aliphatic carbocycles. The van der Waals surface area contributed by atoms with Gasteiger partial charge in [-0.3, -0.25) is 9.59 Å². The summed E-state index contributed by atoms with van der Waals surface area (Å²) in [4.78, 5) is 28.2. The Bertz CT molecular complexity index is 1130. The van der Waals surface area contributed by atoms with E-state index < -0.39 is 0 Å². The van der Waals surface area contributed by atoms with Crippen molar-refractivity contribution in [3.8, 4) is 0 Å². The molecule has 0 fully saturated rings. The number of hydrogen-bond donors (Lipinski definition) is 2. The van der Waals surface area contributed by atoms with Crippen molar-refractivity contribution >= 4 is 38.9 Å². The first-order chi connectivity index (χ1) is 12.2. The molecule has 2 aromatic heterocycles. The third-order valence-electron chi connectivity index (χ3n) is 4.25. The van der Waals surface area contributed by atoms with E-state index in [1.54, 1.807) is 12.1 Å². The molecule has 0 spiro atoms. The highest BCUT2D eigenvalue weighted by Crippen LogP contribution is 2.18. The zero-order chi connectivity index (χ0) is 17.2. The number of hydrogen-bond acceptors (Lipinski definition) is 3. The van der Waals surface area contributed by atoms with E-state index in [0.717, 1.165) is 28.7 Å². The van der Waals surface area contributed by atoms with Crippen molar-refractivity contribution < 1.29 is 4.79 Å². The normalized spacial score (nSPS) is 11.0. The average Bonchev–Trinajstić information content (AvgIpc) is 3.05. The fraction of sp³-hybridized carbons (Fsp3) is 0.100. The molecule has 0 aliphatic rings. The summed E-state index contributed by atoms with van der Waals surface area (Å²) in [6.45, 7) is 0.522. The molecule has 5 heteroatoms. The van der Waals surface area contributed by atoms with E-state index >= 15 is 0 Å². The number of fused-ring (bicyclic) bond motifs is 2. The van der Waals surface area contributed by atoms with E-state index in [9.17, 15) is 9.59 Å². The van der Waals surface area contributed by atoms with Gasteiger partial charge < -0.3 is 10.3 Å². The van der Waals surface area contributed by atoms with Crippen LogP contribution in [0.15, 0.2) is 65.6 Å². The van der Waals surface area contributed by atoms with E-state index in [1.807, 2.05) is 42.6 Å². The van der Waals surface area contributed by atoms with Gasteiger partial charge in [0.05, 0.1) is 4.88 Å². The number of nitrogens with one attached hydrogen (secondary N) is 2. The summed E-state index contributed by atoms with van der Waals surface area (Å²) >= 11 is 0.992. The Morgan fingerprint density at radius 1 is 1.04 bits per heavy atom. The van der Waals surface area contributed by atoms with Crippen molar-refractivity contribution in [3.05, 3.63) is 80.8 Å². The Hall–Kier alpha value is -2.92. The van der Waals surface area contributed by atoms with E-state index in [1.165, 1.54) is 10.9 Å². The van der Waals surface area contributed by atoms with Crippen LogP contribution in [0.3, 0.4) is 0 Å². The highest BCUT2D eigenvalue weighted by Gasteiger charge is 2.10. The Labute approximate surface area is 148 Å². The molecule has 4 rings (SSSR count). The topological polar surface area (TPSA) is 62.0 Å². The summed E-state index contributed by atoms with van der Waals surface area (Å²) in [7, 11) is 0. The number of rotatable bonds is 4. The van der Waals surface area contributed by atoms with Crippen LogP contribution in [0.2, 0.25) is 0 Å². The molecule has 0 aliphatic heterocycles. The third-order valence-corrected chi connectivity index (χ3v) is 5.18. The minimum Gasteiger partial charge on any atom is -0.361 e. The number of H-pyrrole nitrogens is 1. The summed E-state index contributed by atoms with van der Waals surface area (Å²) in [5, 5.41) is 5.54. The molecule has 0 bridgehead atoms. The number of aromatic nitrogens is 1. The molecule has 1 amide bonds. The zero-order valence-corrected chi connectivity index (χ0v) is 14.2. The van der Waals surface area contributed by atoms with Crippen LogP contribution in [-0.4, -0.2) is 17.4 Å². The van der Waals surface area contributed by atoms with Gasteiger partial charge in [0, 0.05) is 29.0 Å². The van der Waals surface area contributed by atoms with Crippen molar-refractivity contribution in [2.45, 2.75) is 6.42 Å². The van der Waals surface area contributed by atoms with Crippen LogP contribution in [0.25, 0.3) is 21.7 Å². The first kappa shape index (κ1) is 15.6. The highest BCUT2D eigenvalue weighted by molar-refractivity contribution is 7.12. The monoisotopic (exact) mass is 348 g/mol. The van der Waals surface area contributed by atoms with Gasteiger partial charge in [-0.25, -0.2) is 0 Å². The van der Waals surface area contributed by atoms with E-state index in [4.69, 9.17) is 0 Å². The maximum atomic E-state index is 12.4. The van der Waals surface area contributed by atoms with E-state index in [-0.39, 0.29) is 10.6 Å². The third kappa shape index (κ3) is 3.06. The quantitative estimate of drug-likeness (QED) is 0.590. The maximum Gasteiger partial charge on any atom is 0.261 e. The van der Waals surface area contributed by atoms with E-state index in [0.29, 0.717) is 16.8 Å². The van der Waals surface area contributed by atoms with Crippen LogP contribution in [-0.2, 0) is 6.42 Å². The largest absolute Gasteiger partial charge is 0.361 e. The molecule has 0 unspecified atom stereocenters. The van der Waals surface area contributed by atoms with Gasteiger partial charge in [-0.05, 0) is 35.6 Å². The van der Waals surface area contributed by atoms with Crippen LogP contribution in [0.5, 0.6) is 0 Å². The second-order valence-corrected chi connectivity index (χ2v) is 6.87. The van der Waals surface area contributed by atoms with Crippen LogP contribution >= 0.6 is 11.3 Å². The number of amides is 1. The minimum absolute atomic E-state index is 0.0834. The molecule has 2 heterocycles. The van der Waals surface area contributed by atoms with Crippen molar-refractivity contribution in [1.82, 2.24) is 10.3 Å². The first-order valence-electron chi connectivity index (χ1n) is 8.08. The maximum absolute atomic E-state index is 12.4. The Kier molecular flexibility index (Phi) is 4.07. The van der Waals surface area contributed by atoms with Crippen molar-refractivity contribution in [1.29, 1.82) is 0 Å². The van der Waals surface area contributed by atoms with Crippen molar-refractivity contribution in [2.75, 3.05) is 6.54 Å². The predicted octanol–water partition coefficient (Wildman–Crippen LogP) is 3.72. The number of para-hydroxylation sites is 1. The molecule has 4 aromatic rings. The van der Waals surface area contributed by atoms with Gasteiger partial charge in [0.1, 0.15) is 0 Å². The second kappa shape index (κ2) is 6.53. The fourth-order valence-electron chi connectivity index (χ4n) is 2.98. The second-order valence-electron chi connectivity index (χ2n) is 5.85. The predicted molar refractivity (Wildman–Crippen MR) is 102 cm³/mol. The van der Waals surface area contributed by atoms with Gasteiger partial charge in [0.25, 0.3) is 5.91 Å². The Morgan fingerprint density at radius 3 is 2.68 bits per heavy atom. The lowest BCUT2D eigenvalue weighted by molar-refractivity contribution is 0.0958. The SMILES string of the molecule is O=C(NCCc1c[nH]c2ccccc12)c1cc2ccccc2c(=O)s1. The molecule has 4 nitrogen and oxygen atoms in total. The molecule has 25 heavy (non-hydrogen) atoms. The van der Waals surface area contributed by atoms with Crippen molar-refractivity contribution in [2.24, 2.45) is 0 Å². The minimum atomic E-state index is -0.201. The lowest BCUT2D eigenvalue weighted by Gasteiger charge is -2.05. The van der Waals surface area contributed by atoms with Crippen LogP contribution in [0, 0.1) is 0 Å². The summed E-state index contributed by atoms with van der Waals surface area (Å²) in [5.41, 5.74) is 2.26. The van der Waals surface area contributed by atoms with Gasteiger partial charge in [-0.2, -0.15) is 0 Å². The van der Waals surface area contributed by atoms with Crippen molar-refractivity contribution in [3.63, 3.8) is 0 Å². The standard InChI is InChI=1S/C20H16N2O2S/c23-19(18-11-13-5-1-2-7-16(13)20(24)25-18)21-10-9-14-12-22-17-8-4-3-6-15(14)17/h1-8,11-12,22H,9-10H2,(H,21,23). The highest BCUT2D eigenvalue weighted by atomic mass is 32.1. The van der Waals surface area contributed by atoms with Crippen LogP contribution < -0.4 is 10.1 Å².